The molecule has 0 aromatic heterocycles. The average molecular weight is 238 g/mol. The molecule has 0 heterocycles. The highest BCUT2D eigenvalue weighted by Gasteiger charge is 2.61. The van der Waals surface area contributed by atoms with Gasteiger partial charge in [0.15, 0.2) is 0 Å². The monoisotopic (exact) mass is 238 g/mol. The molecule has 3 rings (SSSR count). The minimum Gasteiger partial charge on any atom is -0.390 e. The van der Waals surface area contributed by atoms with Crippen molar-refractivity contribution < 1.29 is 10.2 Å². The van der Waals surface area contributed by atoms with E-state index in [0.717, 1.165) is 43.9 Å². The summed E-state index contributed by atoms with van der Waals surface area (Å²) in [6, 6.07) is 0. The number of fused-ring (bicyclic) bond motifs is 4. The first kappa shape index (κ1) is 12.0. The molecule has 98 valence electrons. The highest BCUT2D eigenvalue weighted by molar-refractivity contribution is 5.11. The molecule has 0 spiro atoms. The Morgan fingerprint density at radius 2 is 1.71 bits per heavy atom. The van der Waals surface area contributed by atoms with E-state index in [0.29, 0.717) is 5.41 Å². The Hall–Kier alpha value is -0.0800. The lowest BCUT2D eigenvalue weighted by Gasteiger charge is -2.59. The van der Waals surface area contributed by atoms with Gasteiger partial charge in [-0.1, -0.05) is 20.8 Å². The molecule has 0 unspecified atom stereocenters. The largest absolute Gasteiger partial charge is 0.390 e. The zero-order valence-electron chi connectivity index (χ0n) is 11.4. The molecule has 5 atom stereocenters. The molecule has 2 N–H and O–H groups in total. The maximum Gasteiger partial charge on any atom is 0.0910 e. The first-order chi connectivity index (χ1) is 7.77. The number of hydrogen-bond donors (Lipinski definition) is 2. The molecule has 2 bridgehead atoms. The summed E-state index contributed by atoms with van der Waals surface area (Å²) in [7, 11) is 0. The highest BCUT2D eigenvalue weighted by atomic mass is 16.3. The van der Waals surface area contributed by atoms with E-state index in [9.17, 15) is 10.2 Å². The number of aliphatic hydroxyl groups excluding tert-OH is 1. The first-order valence-electron chi connectivity index (χ1n) is 7.17. The quantitative estimate of drug-likeness (QED) is 0.681. The second-order valence-electron chi connectivity index (χ2n) is 7.93. The zero-order valence-corrected chi connectivity index (χ0v) is 11.4. The van der Waals surface area contributed by atoms with Crippen LogP contribution in [0.5, 0.6) is 0 Å². The van der Waals surface area contributed by atoms with Crippen molar-refractivity contribution in [3.05, 3.63) is 0 Å². The van der Waals surface area contributed by atoms with E-state index in [-0.39, 0.29) is 5.41 Å². The Labute approximate surface area is 104 Å². The minimum absolute atomic E-state index is 0.269. The Morgan fingerprint density at radius 1 is 1.00 bits per heavy atom. The molecule has 3 aliphatic rings. The summed E-state index contributed by atoms with van der Waals surface area (Å²) in [5.74, 6) is 1.53. The predicted molar refractivity (Wildman–Crippen MR) is 67.5 cm³/mol. The average Bonchev–Trinajstić information content (AvgIpc) is 2.28. The Balaban J connectivity index is 1.93. The molecule has 3 saturated carbocycles. The maximum atomic E-state index is 10.7. The van der Waals surface area contributed by atoms with Gasteiger partial charge in [0.25, 0.3) is 0 Å². The van der Waals surface area contributed by atoms with Crippen LogP contribution in [0.3, 0.4) is 0 Å². The molecule has 17 heavy (non-hydrogen) atoms. The lowest BCUT2D eigenvalue weighted by atomic mass is 9.46. The molecule has 0 radical (unpaired) electrons. The van der Waals surface area contributed by atoms with E-state index in [1.807, 2.05) is 0 Å². The van der Waals surface area contributed by atoms with Crippen molar-refractivity contribution in [2.45, 2.75) is 71.0 Å². The van der Waals surface area contributed by atoms with Crippen LogP contribution >= 0.6 is 0 Å². The van der Waals surface area contributed by atoms with Gasteiger partial charge in [0.2, 0.25) is 0 Å². The third-order valence-corrected chi connectivity index (χ3v) is 6.34. The fraction of sp³-hybridized carbons (Fsp3) is 1.00. The summed E-state index contributed by atoms with van der Waals surface area (Å²) in [5, 5.41) is 20.8. The van der Waals surface area contributed by atoms with Crippen molar-refractivity contribution in [1.82, 2.24) is 0 Å². The van der Waals surface area contributed by atoms with Crippen LogP contribution in [0.1, 0.15) is 59.3 Å². The van der Waals surface area contributed by atoms with E-state index >= 15 is 0 Å². The third kappa shape index (κ3) is 1.53. The first-order valence-corrected chi connectivity index (χ1v) is 7.17. The standard InChI is InChI=1S/C15H26O2/c1-13(2)8-11-10(13)4-7-15(17)9-14(11,3)6-5-12(15)16/h10-12,16-17H,4-9H2,1-3H3/t10-,11+,12-,14+,15-/m1/s1. The summed E-state index contributed by atoms with van der Waals surface area (Å²) in [6.07, 6.45) is 5.41. The summed E-state index contributed by atoms with van der Waals surface area (Å²) >= 11 is 0. The van der Waals surface area contributed by atoms with Crippen molar-refractivity contribution in [3.8, 4) is 0 Å². The van der Waals surface area contributed by atoms with Crippen LogP contribution in [0.25, 0.3) is 0 Å². The Bertz CT molecular complexity index is 338. The number of hydrogen-bond acceptors (Lipinski definition) is 2. The molecular formula is C15H26O2. The lowest BCUT2D eigenvalue weighted by molar-refractivity contribution is -0.153. The minimum atomic E-state index is -0.791. The molecule has 3 aliphatic carbocycles. The summed E-state index contributed by atoms with van der Waals surface area (Å²) < 4.78 is 0. The van der Waals surface area contributed by atoms with Gasteiger partial charge < -0.3 is 10.2 Å². The van der Waals surface area contributed by atoms with Gasteiger partial charge in [-0.05, 0) is 61.2 Å². The number of rotatable bonds is 0. The van der Waals surface area contributed by atoms with E-state index < -0.39 is 11.7 Å². The smallest absolute Gasteiger partial charge is 0.0910 e. The van der Waals surface area contributed by atoms with Crippen molar-refractivity contribution in [3.63, 3.8) is 0 Å². The SMILES string of the molecule is CC1(C)C[C@H]2[C@H]1CC[C@@]1(O)C[C@]2(C)CC[C@H]1O. The van der Waals surface area contributed by atoms with Crippen molar-refractivity contribution in [2.75, 3.05) is 0 Å². The zero-order chi connectivity index (χ0) is 12.5. The predicted octanol–water partition coefficient (Wildman–Crippen LogP) is 2.72. The second kappa shape index (κ2) is 3.27. The highest BCUT2D eigenvalue weighted by Crippen LogP contribution is 2.66. The topological polar surface area (TPSA) is 40.5 Å². The van der Waals surface area contributed by atoms with Crippen LogP contribution < -0.4 is 0 Å². The molecule has 2 nitrogen and oxygen atoms in total. The van der Waals surface area contributed by atoms with Crippen molar-refractivity contribution in [1.29, 1.82) is 0 Å². The molecule has 0 aliphatic heterocycles. The van der Waals surface area contributed by atoms with Gasteiger partial charge in [-0.15, -0.1) is 0 Å². The summed E-state index contributed by atoms with van der Waals surface area (Å²) in [5.41, 5.74) is -0.0719. The molecule has 2 heteroatoms. The third-order valence-electron chi connectivity index (χ3n) is 6.34. The fourth-order valence-electron chi connectivity index (χ4n) is 5.19. The van der Waals surface area contributed by atoms with Gasteiger partial charge in [0.05, 0.1) is 11.7 Å². The van der Waals surface area contributed by atoms with Gasteiger partial charge in [0.1, 0.15) is 0 Å². The normalized spacial score (nSPS) is 56.6. The second-order valence-corrected chi connectivity index (χ2v) is 7.93. The molecular weight excluding hydrogens is 212 g/mol. The van der Waals surface area contributed by atoms with Crippen molar-refractivity contribution in [2.24, 2.45) is 22.7 Å². The lowest BCUT2D eigenvalue weighted by Crippen LogP contribution is -2.54. The van der Waals surface area contributed by atoms with Crippen LogP contribution in [-0.4, -0.2) is 21.9 Å². The summed E-state index contributed by atoms with van der Waals surface area (Å²) in [6.45, 7) is 7.09. The molecule has 3 fully saturated rings. The van der Waals surface area contributed by atoms with Crippen LogP contribution in [0.2, 0.25) is 0 Å². The van der Waals surface area contributed by atoms with Gasteiger partial charge in [-0.3, -0.25) is 0 Å². The van der Waals surface area contributed by atoms with E-state index in [1.165, 1.54) is 6.42 Å². The van der Waals surface area contributed by atoms with Crippen LogP contribution in [0.15, 0.2) is 0 Å². The van der Waals surface area contributed by atoms with Crippen molar-refractivity contribution >= 4 is 0 Å². The molecule has 0 saturated heterocycles. The summed E-state index contributed by atoms with van der Waals surface area (Å²) in [4.78, 5) is 0. The molecule has 0 amide bonds. The Kier molecular flexibility index (Phi) is 2.30. The fourth-order valence-corrected chi connectivity index (χ4v) is 5.19. The van der Waals surface area contributed by atoms with Gasteiger partial charge in [-0.2, -0.15) is 0 Å². The van der Waals surface area contributed by atoms with Gasteiger partial charge in [0, 0.05) is 0 Å². The van der Waals surface area contributed by atoms with Crippen LogP contribution in [0, 0.1) is 22.7 Å². The van der Waals surface area contributed by atoms with Crippen LogP contribution in [-0.2, 0) is 0 Å². The maximum absolute atomic E-state index is 10.7. The number of aliphatic hydroxyl groups is 2. The van der Waals surface area contributed by atoms with Gasteiger partial charge >= 0.3 is 0 Å². The molecule has 0 aromatic rings. The molecule has 0 aromatic carbocycles. The Morgan fingerprint density at radius 3 is 2.35 bits per heavy atom. The van der Waals surface area contributed by atoms with Gasteiger partial charge in [-0.25, -0.2) is 0 Å². The van der Waals surface area contributed by atoms with Crippen LogP contribution in [0.4, 0.5) is 0 Å². The van der Waals surface area contributed by atoms with E-state index in [4.69, 9.17) is 0 Å². The van der Waals surface area contributed by atoms with E-state index in [2.05, 4.69) is 20.8 Å². The van der Waals surface area contributed by atoms with E-state index in [1.54, 1.807) is 0 Å².